The zero-order valence-electron chi connectivity index (χ0n) is 19.2. The Hall–Kier alpha value is -2.74. The van der Waals surface area contributed by atoms with Crippen LogP contribution >= 0.6 is 0 Å². The Morgan fingerprint density at radius 2 is 1.94 bits per heavy atom. The first-order valence-electron chi connectivity index (χ1n) is 11.2. The number of nitrogens with two attached hydrogens (primary N) is 2. The molecule has 2 aromatic rings. The van der Waals surface area contributed by atoms with Gasteiger partial charge >= 0.3 is 0 Å². The number of halogens is 2. The van der Waals surface area contributed by atoms with Crippen LogP contribution < -0.4 is 16.9 Å². The number of rotatable bonds is 8. The molecule has 0 radical (unpaired) electrons. The standard InChI is InChI=1S/C24H34F2N6/c1-16-18(13-17-7-5-4-6-8-17)9-10-20(31-16)23(27)21(32(3)28)15-30-22-14-19(11-12-29-22)24(2,25)26/h9-12,14,17H,4-8,13,15,27-28H2,1-3H3,(H,29,30)/b23-21-. The minimum absolute atomic E-state index is 0.111. The second-order valence-electron chi connectivity index (χ2n) is 8.79. The van der Waals surface area contributed by atoms with Crippen molar-refractivity contribution in [2.45, 2.75) is 58.3 Å². The highest BCUT2D eigenvalue weighted by molar-refractivity contribution is 5.64. The van der Waals surface area contributed by atoms with Crippen molar-refractivity contribution in [2.24, 2.45) is 17.5 Å². The first-order valence-corrected chi connectivity index (χ1v) is 11.2. The van der Waals surface area contributed by atoms with E-state index in [-0.39, 0.29) is 12.1 Å². The van der Waals surface area contributed by atoms with Gasteiger partial charge in [-0.1, -0.05) is 38.2 Å². The maximum atomic E-state index is 13.6. The number of pyridine rings is 2. The molecule has 2 aromatic heterocycles. The molecule has 0 saturated heterocycles. The molecule has 1 fully saturated rings. The maximum absolute atomic E-state index is 13.6. The number of likely N-dealkylation sites (N-methyl/N-ethyl adjacent to an activating group) is 1. The Kier molecular flexibility index (Phi) is 7.66. The van der Waals surface area contributed by atoms with Crippen molar-refractivity contribution in [2.75, 3.05) is 18.9 Å². The van der Waals surface area contributed by atoms with Gasteiger partial charge in [-0.05, 0) is 43.0 Å². The highest BCUT2D eigenvalue weighted by Gasteiger charge is 2.24. The quantitative estimate of drug-likeness (QED) is 0.408. The number of nitrogens with zero attached hydrogens (tertiary/aromatic N) is 3. The normalized spacial score (nSPS) is 15.9. The lowest BCUT2D eigenvalue weighted by atomic mass is 9.84. The Labute approximate surface area is 189 Å². The van der Waals surface area contributed by atoms with E-state index in [9.17, 15) is 8.78 Å². The monoisotopic (exact) mass is 444 g/mol. The number of alkyl halides is 2. The van der Waals surface area contributed by atoms with E-state index in [1.54, 1.807) is 7.05 Å². The van der Waals surface area contributed by atoms with Crippen LogP contribution in [0.3, 0.4) is 0 Å². The van der Waals surface area contributed by atoms with Gasteiger partial charge in [0, 0.05) is 31.4 Å². The van der Waals surface area contributed by atoms with E-state index < -0.39 is 5.92 Å². The summed E-state index contributed by atoms with van der Waals surface area (Å²) in [5, 5.41) is 4.45. The molecular formula is C24H34F2N6. The zero-order valence-corrected chi connectivity index (χ0v) is 19.2. The molecule has 0 unspecified atom stereocenters. The summed E-state index contributed by atoms with van der Waals surface area (Å²) < 4.78 is 27.2. The van der Waals surface area contributed by atoms with Gasteiger partial charge in [-0.25, -0.2) is 19.6 Å². The highest BCUT2D eigenvalue weighted by Crippen LogP contribution is 2.29. The molecule has 1 aliphatic rings. The summed E-state index contributed by atoms with van der Waals surface area (Å²) in [7, 11) is 1.68. The van der Waals surface area contributed by atoms with E-state index in [1.165, 1.54) is 61.0 Å². The van der Waals surface area contributed by atoms with E-state index in [2.05, 4.69) is 16.4 Å². The molecule has 174 valence electrons. The lowest BCUT2D eigenvalue weighted by Gasteiger charge is -2.23. The zero-order chi connectivity index (χ0) is 23.3. The number of aromatic nitrogens is 2. The molecule has 0 atom stereocenters. The van der Waals surface area contributed by atoms with E-state index in [0.29, 0.717) is 22.9 Å². The van der Waals surface area contributed by atoms with Gasteiger partial charge in [-0.2, -0.15) is 0 Å². The fraction of sp³-hybridized carbons (Fsp3) is 0.500. The van der Waals surface area contributed by atoms with Crippen LogP contribution in [0.25, 0.3) is 5.70 Å². The van der Waals surface area contributed by atoms with Crippen LogP contribution in [0.4, 0.5) is 14.6 Å². The average Bonchev–Trinajstić information content (AvgIpc) is 2.75. The summed E-state index contributed by atoms with van der Waals surface area (Å²) in [6, 6.07) is 6.66. The van der Waals surface area contributed by atoms with Gasteiger partial charge < -0.3 is 16.1 Å². The largest absolute Gasteiger partial charge is 0.395 e. The summed E-state index contributed by atoms with van der Waals surface area (Å²) in [5.41, 5.74) is 10.2. The first kappa shape index (κ1) is 23.9. The predicted molar refractivity (Wildman–Crippen MR) is 125 cm³/mol. The van der Waals surface area contributed by atoms with Gasteiger partial charge in [0.25, 0.3) is 5.92 Å². The molecule has 0 spiro atoms. The molecule has 3 rings (SSSR count). The van der Waals surface area contributed by atoms with Crippen molar-refractivity contribution in [1.29, 1.82) is 0 Å². The maximum Gasteiger partial charge on any atom is 0.270 e. The van der Waals surface area contributed by atoms with Gasteiger partial charge in [0.15, 0.2) is 0 Å². The second-order valence-corrected chi connectivity index (χ2v) is 8.79. The molecule has 5 N–H and O–H groups in total. The summed E-state index contributed by atoms with van der Waals surface area (Å²) >= 11 is 0. The van der Waals surface area contributed by atoms with Crippen molar-refractivity contribution in [1.82, 2.24) is 15.0 Å². The molecule has 0 aliphatic heterocycles. The third-order valence-corrected chi connectivity index (χ3v) is 6.14. The molecule has 6 nitrogen and oxygen atoms in total. The third kappa shape index (κ3) is 6.16. The number of hydrogen-bond acceptors (Lipinski definition) is 6. The SMILES string of the molecule is Cc1nc(/C(N)=C(\CNc2cc(C(C)(F)F)ccn2)N(C)N)ccc1CC1CCCCC1. The van der Waals surface area contributed by atoms with E-state index in [4.69, 9.17) is 16.6 Å². The lowest BCUT2D eigenvalue weighted by molar-refractivity contribution is 0.0174. The number of hydrogen-bond donors (Lipinski definition) is 3. The van der Waals surface area contributed by atoms with Gasteiger partial charge in [-0.3, -0.25) is 4.98 Å². The summed E-state index contributed by atoms with van der Waals surface area (Å²) in [5.74, 6) is 4.13. The Bertz CT molecular complexity index is 946. The fourth-order valence-corrected chi connectivity index (χ4v) is 4.19. The van der Waals surface area contributed by atoms with E-state index in [1.807, 2.05) is 13.0 Å². The average molecular weight is 445 g/mol. The molecule has 0 aromatic carbocycles. The van der Waals surface area contributed by atoms with Gasteiger partial charge in [0.1, 0.15) is 5.82 Å². The summed E-state index contributed by atoms with van der Waals surface area (Å²) in [6.45, 7) is 3.09. The highest BCUT2D eigenvalue weighted by atomic mass is 19.3. The van der Waals surface area contributed by atoms with Crippen molar-refractivity contribution < 1.29 is 8.78 Å². The molecule has 1 saturated carbocycles. The molecule has 2 heterocycles. The molecular weight excluding hydrogens is 410 g/mol. The van der Waals surface area contributed by atoms with Crippen LogP contribution in [0.5, 0.6) is 0 Å². The van der Waals surface area contributed by atoms with Gasteiger partial charge in [-0.15, -0.1) is 0 Å². The van der Waals surface area contributed by atoms with Crippen LogP contribution in [0, 0.1) is 12.8 Å². The Balaban J connectivity index is 1.76. The molecule has 0 bridgehead atoms. The van der Waals surface area contributed by atoms with Crippen molar-refractivity contribution in [3.05, 3.63) is 58.7 Å². The minimum atomic E-state index is -2.94. The third-order valence-electron chi connectivity index (χ3n) is 6.14. The van der Waals surface area contributed by atoms with Crippen LogP contribution in [0.2, 0.25) is 0 Å². The van der Waals surface area contributed by atoms with Crippen molar-refractivity contribution >= 4 is 11.5 Å². The first-order chi connectivity index (χ1) is 15.1. The topological polar surface area (TPSA) is 93.1 Å². The summed E-state index contributed by atoms with van der Waals surface area (Å²) in [4.78, 5) is 8.85. The fourth-order valence-electron chi connectivity index (χ4n) is 4.19. The van der Waals surface area contributed by atoms with Gasteiger partial charge in [0.05, 0.1) is 23.6 Å². The molecule has 1 aliphatic carbocycles. The second kappa shape index (κ2) is 10.3. The van der Waals surface area contributed by atoms with Crippen molar-refractivity contribution in [3.8, 4) is 0 Å². The summed E-state index contributed by atoms with van der Waals surface area (Å²) in [6.07, 6.45) is 8.96. The Morgan fingerprint density at radius 1 is 1.22 bits per heavy atom. The van der Waals surface area contributed by atoms with Crippen LogP contribution in [0.15, 0.2) is 36.2 Å². The minimum Gasteiger partial charge on any atom is -0.395 e. The number of aryl methyl sites for hydroxylation is 1. The number of hydrazine groups is 1. The van der Waals surface area contributed by atoms with E-state index >= 15 is 0 Å². The van der Waals surface area contributed by atoms with Crippen LogP contribution in [0.1, 0.15) is 61.5 Å². The lowest BCUT2D eigenvalue weighted by Crippen LogP contribution is -2.32. The van der Waals surface area contributed by atoms with Crippen LogP contribution in [-0.4, -0.2) is 28.6 Å². The molecule has 0 amide bonds. The molecule has 8 heteroatoms. The molecule has 32 heavy (non-hydrogen) atoms. The van der Waals surface area contributed by atoms with E-state index in [0.717, 1.165) is 25.0 Å². The number of anilines is 1. The van der Waals surface area contributed by atoms with Crippen LogP contribution in [-0.2, 0) is 12.3 Å². The number of nitrogens with one attached hydrogen (secondary N) is 1. The van der Waals surface area contributed by atoms with Crippen molar-refractivity contribution in [3.63, 3.8) is 0 Å². The van der Waals surface area contributed by atoms with Gasteiger partial charge in [0.2, 0.25) is 0 Å². The Morgan fingerprint density at radius 3 is 2.56 bits per heavy atom. The predicted octanol–water partition coefficient (Wildman–Crippen LogP) is 4.56. The smallest absolute Gasteiger partial charge is 0.270 e.